The molecule has 2 aliphatic rings. The van der Waals surface area contributed by atoms with Gasteiger partial charge in [-0.3, -0.25) is 9.69 Å². The predicted molar refractivity (Wildman–Crippen MR) is 130 cm³/mol. The van der Waals surface area contributed by atoms with E-state index in [4.69, 9.17) is 16.3 Å². The minimum Gasteiger partial charge on any atom is -0.368 e. The number of rotatable bonds is 7. The Hall–Kier alpha value is -1.88. The monoisotopic (exact) mass is 454 g/mol. The number of carbonyl (C=O) groups is 1. The van der Waals surface area contributed by atoms with Crippen molar-refractivity contribution < 1.29 is 9.53 Å². The van der Waals surface area contributed by atoms with Crippen LogP contribution in [-0.2, 0) is 16.1 Å². The average Bonchev–Trinajstić information content (AvgIpc) is 2.83. The van der Waals surface area contributed by atoms with Crippen LogP contribution in [-0.4, -0.2) is 48.4 Å². The summed E-state index contributed by atoms with van der Waals surface area (Å²) in [5, 5.41) is 0.737. The molecule has 2 fully saturated rings. The highest BCUT2D eigenvalue weighted by Crippen LogP contribution is 2.27. The van der Waals surface area contributed by atoms with E-state index in [1.54, 1.807) is 0 Å². The number of nitrogens with zero attached hydrogens (tertiary/aromatic N) is 2. The molecule has 0 spiro atoms. The zero-order chi connectivity index (χ0) is 22.3. The van der Waals surface area contributed by atoms with Crippen LogP contribution in [0.1, 0.15) is 54.9 Å². The summed E-state index contributed by atoms with van der Waals surface area (Å²) in [6, 6.07) is 16.5. The number of amides is 1. The Kier molecular flexibility index (Phi) is 8.23. The van der Waals surface area contributed by atoms with E-state index in [9.17, 15) is 4.79 Å². The minimum absolute atomic E-state index is 0.0339. The fraction of sp³-hybridized carbons (Fsp3) is 0.519. The third-order valence-corrected chi connectivity index (χ3v) is 7.09. The van der Waals surface area contributed by atoms with Crippen molar-refractivity contribution in [1.82, 2.24) is 9.80 Å². The lowest BCUT2D eigenvalue weighted by atomic mass is 9.88. The topological polar surface area (TPSA) is 32.8 Å². The van der Waals surface area contributed by atoms with Gasteiger partial charge in [0.2, 0.25) is 5.91 Å². The number of halogens is 1. The molecule has 5 heteroatoms. The molecule has 2 aromatic carbocycles. The van der Waals surface area contributed by atoms with Crippen molar-refractivity contribution in [2.45, 2.75) is 51.7 Å². The Labute approximate surface area is 197 Å². The van der Waals surface area contributed by atoms with E-state index >= 15 is 0 Å². The van der Waals surface area contributed by atoms with E-state index in [2.05, 4.69) is 53.1 Å². The maximum atomic E-state index is 12.9. The van der Waals surface area contributed by atoms with Crippen LogP contribution in [0.4, 0.5) is 0 Å². The van der Waals surface area contributed by atoms with Gasteiger partial charge in [-0.2, -0.15) is 0 Å². The summed E-state index contributed by atoms with van der Waals surface area (Å²) in [7, 11) is 0. The first-order valence-corrected chi connectivity index (χ1v) is 12.4. The van der Waals surface area contributed by atoms with E-state index in [-0.39, 0.29) is 12.0 Å². The van der Waals surface area contributed by atoms with Crippen molar-refractivity contribution in [3.8, 4) is 0 Å². The minimum atomic E-state index is -0.0339. The highest BCUT2D eigenvalue weighted by atomic mass is 35.5. The average molecular weight is 455 g/mol. The van der Waals surface area contributed by atoms with Gasteiger partial charge in [0.15, 0.2) is 0 Å². The molecule has 0 N–H and O–H groups in total. The molecular formula is C27H35ClN2O2. The molecule has 4 nitrogen and oxygen atoms in total. The van der Waals surface area contributed by atoms with Crippen LogP contribution in [0.2, 0.25) is 5.02 Å². The number of hydrogen-bond donors (Lipinski definition) is 0. The Morgan fingerprint density at radius 2 is 1.75 bits per heavy atom. The lowest BCUT2D eigenvalue weighted by Gasteiger charge is -2.38. The molecule has 2 aromatic rings. The van der Waals surface area contributed by atoms with Gasteiger partial charge in [-0.05, 0) is 43.0 Å². The molecule has 1 amide bonds. The highest BCUT2D eigenvalue weighted by molar-refractivity contribution is 6.30. The van der Waals surface area contributed by atoms with E-state index in [0.717, 1.165) is 56.2 Å². The normalized spacial score (nSPS) is 19.1. The number of hydrogen-bond acceptors (Lipinski definition) is 3. The first-order chi connectivity index (χ1) is 15.6. The summed E-state index contributed by atoms with van der Waals surface area (Å²) in [6.45, 7) is 6.94. The van der Waals surface area contributed by atoms with Gasteiger partial charge in [0.05, 0.1) is 12.7 Å². The molecule has 1 saturated carbocycles. The SMILES string of the molecule is Cc1cccc(COC(CN2CCN(C(=O)C3CCCCC3)CC2)c2ccc(Cl)cc2)c1. The quantitative estimate of drug-likeness (QED) is 0.543. The molecule has 1 unspecified atom stereocenters. The molecule has 1 saturated heterocycles. The Balaban J connectivity index is 1.35. The lowest BCUT2D eigenvalue weighted by Crippen LogP contribution is -2.51. The highest BCUT2D eigenvalue weighted by Gasteiger charge is 2.29. The summed E-state index contributed by atoms with van der Waals surface area (Å²) in [5.41, 5.74) is 3.57. The van der Waals surface area contributed by atoms with Gasteiger partial charge in [-0.1, -0.05) is 72.8 Å². The Bertz CT molecular complexity index is 871. The Morgan fingerprint density at radius 1 is 1.03 bits per heavy atom. The fourth-order valence-corrected chi connectivity index (χ4v) is 5.05. The van der Waals surface area contributed by atoms with Crippen molar-refractivity contribution in [2.75, 3.05) is 32.7 Å². The third kappa shape index (κ3) is 6.34. The van der Waals surface area contributed by atoms with Gasteiger partial charge in [0.1, 0.15) is 0 Å². The van der Waals surface area contributed by atoms with Gasteiger partial charge in [-0.15, -0.1) is 0 Å². The van der Waals surface area contributed by atoms with Gasteiger partial charge in [0.25, 0.3) is 0 Å². The number of piperazine rings is 1. The molecule has 1 heterocycles. The smallest absolute Gasteiger partial charge is 0.225 e. The molecule has 1 atom stereocenters. The number of benzene rings is 2. The Morgan fingerprint density at radius 3 is 2.44 bits per heavy atom. The van der Waals surface area contributed by atoms with Crippen LogP contribution < -0.4 is 0 Å². The standard InChI is InChI=1S/C27H35ClN2O2/c1-21-6-5-7-22(18-21)20-32-26(23-10-12-25(28)13-11-23)19-29-14-16-30(17-15-29)27(31)24-8-3-2-4-9-24/h5-7,10-13,18,24,26H,2-4,8-9,14-17,19-20H2,1H3. The second-order valence-corrected chi connectivity index (χ2v) is 9.74. The van der Waals surface area contributed by atoms with Crippen LogP contribution in [0.15, 0.2) is 48.5 Å². The summed E-state index contributed by atoms with van der Waals surface area (Å²) in [6.07, 6.45) is 5.81. The predicted octanol–water partition coefficient (Wildman–Crippen LogP) is 5.63. The number of carbonyl (C=O) groups excluding carboxylic acids is 1. The molecule has 0 aromatic heterocycles. The van der Waals surface area contributed by atoms with E-state index < -0.39 is 0 Å². The summed E-state index contributed by atoms with van der Waals surface area (Å²) >= 11 is 6.12. The van der Waals surface area contributed by atoms with E-state index in [1.807, 2.05) is 12.1 Å². The van der Waals surface area contributed by atoms with Crippen molar-refractivity contribution in [1.29, 1.82) is 0 Å². The molecular weight excluding hydrogens is 420 g/mol. The van der Waals surface area contributed by atoms with Crippen LogP contribution in [0.5, 0.6) is 0 Å². The molecule has 4 rings (SSSR count). The van der Waals surface area contributed by atoms with Crippen LogP contribution in [0.3, 0.4) is 0 Å². The van der Waals surface area contributed by atoms with Crippen LogP contribution >= 0.6 is 11.6 Å². The second-order valence-electron chi connectivity index (χ2n) is 9.30. The second kappa shape index (κ2) is 11.3. The molecule has 172 valence electrons. The third-order valence-electron chi connectivity index (χ3n) is 6.84. The molecule has 0 radical (unpaired) electrons. The number of aryl methyl sites for hydroxylation is 1. The van der Waals surface area contributed by atoms with E-state index in [0.29, 0.717) is 12.5 Å². The van der Waals surface area contributed by atoms with E-state index in [1.165, 1.54) is 30.4 Å². The first-order valence-electron chi connectivity index (χ1n) is 12.0. The number of ether oxygens (including phenoxy) is 1. The molecule has 0 bridgehead atoms. The van der Waals surface area contributed by atoms with Crippen molar-refractivity contribution in [2.24, 2.45) is 5.92 Å². The van der Waals surface area contributed by atoms with Crippen LogP contribution in [0, 0.1) is 12.8 Å². The van der Waals surface area contributed by atoms with Gasteiger partial charge in [-0.25, -0.2) is 0 Å². The zero-order valence-corrected chi connectivity index (χ0v) is 19.9. The largest absolute Gasteiger partial charge is 0.368 e. The summed E-state index contributed by atoms with van der Waals surface area (Å²) in [4.78, 5) is 17.4. The molecule has 32 heavy (non-hydrogen) atoms. The van der Waals surface area contributed by atoms with Crippen molar-refractivity contribution in [3.63, 3.8) is 0 Å². The molecule has 1 aliphatic carbocycles. The maximum absolute atomic E-state index is 12.9. The van der Waals surface area contributed by atoms with Gasteiger partial charge < -0.3 is 9.64 Å². The van der Waals surface area contributed by atoms with Gasteiger partial charge in [0, 0.05) is 43.7 Å². The zero-order valence-electron chi connectivity index (χ0n) is 19.1. The maximum Gasteiger partial charge on any atom is 0.225 e. The first kappa shape index (κ1) is 23.3. The lowest BCUT2D eigenvalue weighted by molar-refractivity contribution is -0.138. The van der Waals surface area contributed by atoms with Crippen molar-refractivity contribution in [3.05, 3.63) is 70.2 Å². The fourth-order valence-electron chi connectivity index (χ4n) is 4.92. The summed E-state index contributed by atoms with van der Waals surface area (Å²) < 4.78 is 6.42. The van der Waals surface area contributed by atoms with Gasteiger partial charge >= 0.3 is 0 Å². The summed E-state index contributed by atoms with van der Waals surface area (Å²) in [5.74, 6) is 0.643. The molecule has 1 aliphatic heterocycles. The van der Waals surface area contributed by atoms with Crippen LogP contribution in [0.25, 0.3) is 0 Å². The van der Waals surface area contributed by atoms with Crippen molar-refractivity contribution >= 4 is 17.5 Å².